The molecule has 16 N–H and O–H groups in total. The molecule has 13 aromatic rings. The number of rotatable bonds is 21. The molecule has 2 fully saturated rings. The molecule has 33 nitrogen and oxygen atoms in total. The minimum Gasteiger partial charge on any atom is -0.508 e. The van der Waals surface area contributed by atoms with Crippen LogP contribution in [0.4, 0.5) is 0 Å². The van der Waals surface area contributed by atoms with E-state index in [1.807, 2.05) is 97.9 Å². The Bertz CT molecular complexity index is 6050. The fourth-order valence-electron chi connectivity index (χ4n) is 14.6. The van der Waals surface area contributed by atoms with E-state index in [1.54, 1.807) is 31.2 Å². The minimum absolute atomic E-state index is 0.0108. The zero-order chi connectivity index (χ0) is 86.1. The lowest BCUT2D eigenvalue weighted by molar-refractivity contribution is 0.0686. The van der Waals surface area contributed by atoms with Gasteiger partial charge in [0, 0.05) is 92.9 Å². The summed E-state index contributed by atoms with van der Waals surface area (Å²) in [7, 11) is 0. The van der Waals surface area contributed by atoms with Gasteiger partial charge >= 0.3 is 29.0 Å². The smallest absolute Gasteiger partial charge is 0.348 e. The number of aryl methyl sites for hydroxylation is 1. The maximum atomic E-state index is 12.7. The van der Waals surface area contributed by atoms with Crippen LogP contribution in [0.3, 0.4) is 0 Å². The summed E-state index contributed by atoms with van der Waals surface area (Å²) in [6.07, 6.45) is 5.74. The number of piperidine rings is 1. The first-order valence-electron chi connectivity index (χ1n) is 39.4. The van der Waals surface area contributed by atoms with Gasteiger partial charge in [-0.25, -0.2) is 53.0 Å². The summed E-state index contributed by atoms with van der Waals surface area (Å²) in [5, 5.41) is 138. The maximum absolute atomic E-state index is 12.7. The minimum atomic E-state index is -1.08. The number of hydrogen-bond acceptors (Lipinski definition) is 22. The number of nitrogens with zero attached hydrogens (tertiary/aromatic N) is 11. The van der Waals surface area contributed by atoms with Crippen LogP contribution in [0.1, 0.15) is 164 Å². The van der Waals surface area contributed by atoms with Crippen molar-refractivity contribution in [2.75, 3.05) is 45.8 Å². The van der Waals surface area contributed by atoms with Crippen molar-refractivity contribution >= 4 is 28.7 Å². The molecule has 626 valence electrons. The van der Waals surface area contributed by atoms with E-state index in [9.17, 15) is 69.6 Å². The molecule has 2 aliphatic rings. The van der Waals surface area contributed by atoms with Crippen LogP contribution in [0.2, 0.25) is 0 Å². The standard InChI is InChI=1S/C26H31N5O3.C22H27N5O3.C21H22N4O5.C18H17N3O5/c1-16(2)20-14-21(24(33)15-23(20)32)25-28-29-26(34)31(25)19-3-4-22-18(13-19)8-12-30(22)11-7-17-5-9-27-10-6-17;1-14(2)17-11-18(20(29)12-19(17)28)21-24-25-22(30)27(21)16-5-3-15(4-6-16)13-26-9-7-23-8-10-26;1-4-22-20(28)19-24-23-18(15-9-14(11(2)3)16(26)10-17(15)27)25(19)13-7-5-12(6-8-13)21(29)30;1-9(2)12-7-13(15(23)8-14(12)22)16-19-20-18(26)21(16)11-5-3-10(4-6-11)17(24)25/h3-4,8,12-17,27,32-33H,5-7,9-11H2,1-2H3,(H,29,34);3-6,11-12,14,23,28-29H,7-10,13H2,1-2H3,(H,25,30);5-11,26-27H,4H2,1-3H3,(H,22,28)(H,29,30);3-9,22-23H,1-2H3,(H,20,26)(H,24,25). The number of carboxylic acid groups (broad SMARTS) is 2. The summed E-state index contributed by atoms with van der Waals surface area (Å²) in [4.78, 5) is 74.6. The average molecular weight is 1640 g/mol. The van der Waals surface area contributed by atoms with Crippen molar-refractivity contribution in [2.45, 2.75) is 118 Å². The molecule has 15 rings (SSSR count). The molecule has 0 aliphatic carbocycles. The van der Waals surface area contributed by atoms with Gasteiger partial charge in [-0.2, -0.15) is 15.3 Å². The summed E-state index contributed by atoms with van der Waals surface area (Å²) in [5.74, 6) is -1.67. The van der Waals surface area contributed by atoms with Crippen LogP contribution >= 0.6 is 0 Å². The van der Waals surface area contributed by atoms with Crippen LogP contribution in [-0.2, 0) is 13.1 Å². The SMILES string of the molecule is CC(C)c1cc(-c2n[nH]c(=O)n2-c2ccc(C(=O)O)cc2)c(O)cc1O.CC(C)c1cc(-c2n[nH]c(=O)n2-c2ccc(CN3CCNCC3)cc2)c(O)cc1O.CC(C)c1cc(-c2n[nH]c(=O)n2-c2ccc3c(ccn3CCC3CCNCC3)c2)c(O)cc1O.CCNC(=O)c1nnc(-c2cc(C(C)C)c(O)cc2O)n1-c1ccc(C(=O)O)cc1. The first-order valence-corrected chi connectivity index (χ1v) is 39.4. The third-order valence-electron chi connectivity index (χ3n) is 21.1. The third-order valence-corrected chi connectivity index (χ3v) is 21.1. The number of phenolic OH excluding ortho intramolecular Hbond substituents is 8. The van der Waals surface area contributed by atoms with E-state index in [4.69, 9.17) is 10.2 Å². The Balaban J connectivity index is 0.000000147. The highest BCUT2D eigenvalue weighted by Gasteiger charge is 2.28. The molecule has 2 saturated heterocycles. The number of aromatic nitrogens is 13. The van der Waals surface area contributed by atoms with Gasteiger partial charge in [-0.05, 0) is 206 Å². The average Bonchev–Trinajstić information content (AvgIpc) is 1.61. The molecule has 33 heteroatoms. The fourth-order valence-corrected chi connectivity index (χ4v) is 14.6. The van der Waals surface area contributed by atoms with E-state index in [2.05, 4.69) is 78.5 Å². The highest BCUT2D eigenvalue weighted by Crippen LogP contribution is 2.43. The second-order valence-corrected chi connectivity index (χ2v) is 30.6. The Kier molecular flexibility index (Phi) is 26.3. The third kappa shape index (κ3) is 18.8. The Morgan fingerprint density at radius 1 is 0.442 bits per heavy atom. The number of carbonyl (C=O) groups is 3. The van der Waals surface area contributed by atoms with Gasteiger partial charge in [-0.15, -0.1) is 10.2 Å². The van der Waals surface area contributed by atoms with Gasteiger partial charge in [-0.1, -0.05) is 67.5 Å². The summed E-state index contributed by atoms with van der Waals surface area (Å²) in [6.45, 7) is 25.6. The highest BCUT2D eigenvalue weighted by molar-refractivity contribution is 5.93. The zero-order valence-electron chi connectivity index (χ0n) is 67.6. The maximum Gasteiger partial charge on any atom is 0.348 e. The number of carboxylic acids is 2. The normalized spacial score (nSPS) is 13.1. The number of phenols is 8. The Morgan fingerprint density at radius 3 is 1.22 bits per heavy atom. The number of fused-ring (bicyclic) bond motifs is 1. The van der Waals surface area contributed by atoms with Gasteiger partial charge in [0.25, 0.3) is 5.91 Å². The summed E-state index contributed by atoms with van der Waals surface area (Å²) < 4.78 is 7.84. The zero-order valence-corrected chi connectivity index (χ0v) is 67.6. The van der Waals surface area contributed by atoms with Crippen LogP contribution in [0.5, 0.6) is 46.0 Å². The van der Waals surface area contributed by atoms with Crippen LogP contribution in [0.25, 0.3) is 79.2 Å². The molecule has 0 atom stereocenters. The molecule has 120 heavy (non-hydrogen) atoms. The number of aromatic amines is 3. The van der Waals surface area contributed by atoms with Crippen molar-refractivity contribution in [2.24, 2.45) is 5.92 Å². The number of piperazine rings is 1. The van der Waals surface area contributed by atoms with Crippen molar-refractivity contribution in [3.8, 4) is 114 Å². The van der Waals surface area contributed by atoms with Crippen LogP contribution in [0.15, 0.2) is 166 Å². The summed E-state index contributed by atoms with van der Waals surface area (Å²) in [6, 6.07) is 38.9. The monoisotopic (exact) mass is 1640 g/mol. The topological polar surface area (TPSA) is 481 Å². The quantitative estimate of drug-likeness (QED) is 0.0318. The number of amides is 1. The molecular formula is C87H97N17O16. The molecule has 7 heterocycles. The molecule has 1 amide bonds. The largest absolute Gasteiger partial charge is 0.508 e. The van der Waals surface area contributed by atoms with Gasteiger partial charge < -0.3 is 71.6 Å². The number of nitrogens with one attached hydrogen (secondary N) is 6. The molecule has 0 unspecified atom stereocenters. The van der Waals surface area contributed by atoms with Crippen LogP contribution in [-0.4, -0.2) is 183 Å². The molecule has 0 spiro atoms. The number of aromatic carboxylic acids is 2. The second kappa shape index (κ2) is 37.1. The number of carbonyl (C=O) groups excluding carboxylic acids is 1. The molecule has 2 aliphatic heterocycles. The van der Waals surface area contributed by atoms with Crippen LogP contribution in [0, 0.1) is 5.92 Å². The van der Waals surface area contributed by atoms with Crippen molar-refractivity contribution in [3.05, 3.63) is 228 Å². The lowest BCUT2D eigenvalue weighted by Crippen LogP contribution is -2.42. The first kappa shape index (κ1) is 85.3. The van der Waals surface area contributed by atoms with Gasteiger partial charge in [0.15, 0.2) is 23.3 Å². The Labute approximate surface area is 687 Å². The number of aromatic hydroxyl groups is 8. The molecule has 0 saturated carbocycles. The fraction of sp³-hybridized carbons (Fsp3) is 0.299. The Hall–Kier alpha value is -14.1. The molecule has 0 bridgehead atoms. The highest BCUT2D eigenvalue weighted by atomic mass is 16.4. The van der Waals surface area contributed by atoms with E-state index in [0.717, 1.165) is 75.6 Å². The lowest BCUT2D eigenvalue weighted by Gasteiger charge is -2.27. The van der Waals surface area contributed by atoms with Crippen molar-refractivity contribution < 1.29 is 65.4 Å². The predicted octanol–water partition coefficient (Wildman–Crippen LogP) is 11.7. The van der Waals surface area contributed by atoms with E-state index in [-0.39, 0.29) is 109 Å². The van der Waals surface area contributed by atoms with Gasteiger partial charge in [0.1, 0.15) is 46.0 Å². The molecular weight excluding hydrogens is 1540 g/mol. The van der Waals surface area contributed by atoms with Crippen molar-refractivity contribution in [3.63, 3.8) is 0 Å². The van der Waals surface area contributed by atoms with Gasteiger partial charge in [0.2, 0.25) is 5.82 Å². The summed E-state index contributed by atoms with van der Waals surface area (Å²) in [5.41, 5.74) is 7.19. The van der Waals surface area contributed by atoms with Crippen molar-refractivity contribution in [1.82, 2.24) is 84.5 Å². The van der Waals surface area contributed by atoms with E-state index in [1.165, 1.54) is 109 Å². The number of hydrogen-bond donors (Lipinski definition) is 16. The van der Waals surface area contributed by atoms with Gasteiger partial charge in [0.05, 0.1) is 50.4 Å². The lowest BCUT2D eigenvalue weighted by atomic mass is 9.95. The summed E-state index contributed by atoms with van der Waals surface area (Å²) >= 11 is 0. The number of benzene rings is 8. The van der Waals surface area contributed by atoms with Crippen LogP contribution < -0.4 is 33.0 Å². The molecule has 5 aromatic heterocycles. The second-order valence-electron chi connectivity index (χ2n) is 30.6. The van der Waals surface area contributed by atoms with E-state index < -0.39 is 34.9 Å². The molecule has 8 aromatic carbocycles. The van der Waals surface area contributed by atoms with E-state index >= 15 is 0 Å². The predicted molar refractivity (Wildman–Crippen MR) is 451 cm³/mol. The molecule has 0 radical (unpaired) electrons. The first-order chi connectivity index (χ1) is 57.4. The van der Waals surface area contributed by atoms with Gasteiger partial charge in [-0.3, -0.25) is 14.3 Å². The van der Waals surface area contributed by atoms with E-state index in [0.29, 0.717) is 74.3 Å². The number of H-pyrrole nitrogens is 3. The van der Waals surface area contributed by atoms with Crippen molar-refractivity contribution in [1.29, 1.82) is 0 Å². The Morgan fingerprint density at radius 2 is 0.817 bits per heavy atom.